The van der Waals surface area contributed by atoms with E-state index < -0.39 is 29.2 Å². The number of ether oxygens (including phenoxy) is 2. The monoisotopic (exact) mass is 403 g/mol. The lowest BCUT2D eigenvalue weighted by molar-refractivity contribution is -0.151. The van der Waals surface area contributed by atoms with Crippen molar-refractivity contribution < 1.29 is 18.7 Å². The van der Waals surface area contributed by atoms with E-state index in [1.54, 1.807) is 43.3 Å². The molecule has 2 aromatic carbocycles. The number of fused-ring (bicyclic) bond motifs is 4. The van der Waals surface area contributed by atoms with E-state index in [9.17, 15) is 14.4 Å². The van der Waals surface area contributed by atoms with E-state index >= 15 is 0 Å². The minimum atomic E-state index is -1.17. The summed E-state index contributed by atoms with van der Waals surface area (Å²) in [6.45, 7) is 1.83. The van der Waals surface area contributed by atoms with Crippen LogP contribution in [0.4, 0.5) is 0 Å². The zero-order valence-corrected chi connectivity index (χ0v) is 16.0. The van der Waals surface area contributed by atoms with E-state index in [0.29, 0.717) is 16.5 Å². The third-order valence-electron chi connectivity index (χ3n) is 5.29. The lowest BCUT2D eigenvalue weighted by Crippen LogP contribution is -2.35. The molecule has 7 nitrogen and oxygen atoms in total. The van der Waals surface area contributed by atoms with E-state index in [2.05, 4.69) is 4.98 Å². The molecular weight excluding hydrogens is 386 g/mol. The van der Waals surface area contributed by atoms with Gasteiger partial charge in [-0.1, -0.05) is 30.3 Å². The van der Waals surface area contributed by atoms with Crippen LogP contribution >= 0.6 is 0 Å². The molecule has 0 unspecified atom stereocenters. The molecule has 0 amide bonds. The maximum absolute atomic E-state index is 12.9. The zero-order chi connectivity index (χ0) is 20.8. The summed E-state index contributed by atoms with van der Waals surface area (Å²) < 4.78 is 16.6. The van der Waals surface area contributed by atoms with Crippen molar-refractivity contribution in [3.05, 3.63) is 86.5 Å². The number of hydrogen-bond acceptors (Lipinski definition) is 6. The van der Waals surface area contributed by atoms with Crippen LogP contribution in [0, 0.1) is 0 Å². The molecule has 7 heteroatoms. The molecule has 30 heavy (non-hydrogen) atoms. The number of para-hydroxylation sites is 2. The first-order valence-electron chi connectivity index (χ1n) is 9.59. The maximum atomic E-state index is 12.9. The van der Waals surface area contributed by atoms with Crippen molar-refractivity contribution in [2.24, 2.45) is 0 Å². The van der Waals surface area contributed by atoms with Crippen LogP contribution in [0.25, 0.3) is 21.9 Å². The van der Waals surface area contributed by atoms with Crippen molar-refractivity contribution in [2.75, 3.05) is 6.61 Å². The van der Waals surface area contributed by atoms with Gasteiger partial charge in [0.15, 0.2) is 0 Å². The Morgan fingerprint density at radius 2 is 1.87 bits per heavy atom. The molecule has 1 aliphatic heterocycles. The van der Waals surface area contributed by atoms with Gasteiger partial charge in [0.05, 0.1) is 23.5 Å². The van der Waals surface area contributed by atoms with Gasteiger partial charge >= 0.3 is 11.6 Å². The number of carbonyl (C=O) groups excluding carboxylic acids is 1. The van der Waals surface area contributed by atoms with Crippen LogP contribution in [0.2, 0.25) is 0 Å². The predicted octanol–water partition coefficient (Wildman–Crippen LogP) is 3.09. The SMILES string of the molecule is CCOC(=O)[C@@H]1Oc2c(c(=O)oc3ccccc23)[C@H]1c1cc2ccccc2[nH]c1=O. The Hall–Kier alpha value is -3.87. The van der Waals surface area contributed by atoms with Crippen LogP contribution in [0.3, 0.4) is 0 Å². The second-order valence-corrected chi connectivity index (χ2v) is 7.04. The van der Waals surface area contributed by atoms with E-state index in [0.717, 1.165) is 5.39 Å². The second kappa shape index (κ2) is 6.88. The second-order valence-electron chi connectivity index (χ2n) is 7.04. The largest absolute Gasteiger partial charge is 0.476 e. The summed E-state index contributed by atoms with van der Waals surface area (Å²) in [5, 5.41) is 1.33. The Balaban J connectivity index is 1.80. The quantitative estimate of drug-likeness (QED) is 0.417. The number of aromatic nitrogens is 1. The standard InChI is InChI=1S/C23H17NO6/c1-2-28-23(27)20-17(14-11-12-7-3-5-9-15(12)24-21(14)25)18-19(30-20)13-8-4-6-10-16(13)29-22(18)26/h3-11,17,20H,2H2,1H3,(H,24,25)/t17-,20-/m1/s1. The van der Waals surface area contributed by atoms with Crippen molar-refractivity contribution in [1.29, 1.82) is 0 Å². The van der Waals surface area contributed by atoms with E-state index in [1.807, 2.05) is 18.2 Å². The van der Waals surface area contributed by atoms with Gasteiger partial charge in [-0.25, -0.2) is 9.59 Å². The molecule has 150 valence electrons. The van der Waals surface area contributed by atoms with Gasteiger partial charge in [-0.2, -0.15) is 0 Å². The molecule has 1 N–H and O–H groups in total. The van der Waals surface area contributed by atoms with Crippen LogP contribution in [0.15, 0.2) is 68.6 Å². The van der Waals surface area contributed by atoms with Gasteiger partial charge in [0, 0.05) is 11.1 Å². The maximum Gasteiger partial charge on any atom is 0.348 e. The highest BCUT2D eigenvalue weighted by Gasteiger charge is 2.46. The van der Waals surface area contributed by atoms with Gasteiger partial charge in [0.2, 0.25) is 6.10 Å². The number of carbonyl (C=O) groups is 1. The molecule has 5 rings (SSSR count). The van der Waals surface area contributed by atoms with Crippen LogP contribution in [0.5, 0.6) is 5.75 Å². The van der Waals surface area contributed by atoms with Crippen molar-refractivity contribution in [1.82, 2.24) is 4.98 Å². The lowest BCUT2D eigenvalue weighted by atomic mass is 9.88. The van der Waals surface area contributed by atoms with E-state index in [4.69, 9.17) is 13.9 Å². The van der Waals surface area contributed by atoms with Gasteiger partial charge in [-0.05, 0) is 36.6 Å². The molecule has 0 saturated heterocycles. The number of H-pyrrole nitrogens is 1. The fourth-order valence-electron chi connectivity index (χ4n) is 4.00. The average Bonchev–Trinajstić information content (AvgIpc) is 3.15. The molecule has 4 aromatic rings. The summed E-state index contributed by atoms with van der Waals surface area (Å²) in [5.41, 5.74) is 0.339. The minimum Gasteiger partial charge on any atom is -0.476 e. The van der Waals surface area contributed by atoms with Gasteiger partial charge < -0.3 is 18.9 Å². The Kier molecular flexibility index (Phi) is 4.17. The van der Waals surface area contributed by atoms with Crippen LogP contribution in [0.1, 0.15) is 24.0 Å². The normalized spacial score (nSPS) is 17.6. The van der Waals surface area contributed by atoms with E-state index in [1.165, 1.54) is 0 Å². The Morgan fingerprint density at radius 1 is 1.10 bits per heavy atom. The number of esters is 1. The molecule has 2 aromatic heterocycles. The molecule has 2 atom stereocenters. The third-order valence-corrected chi connectivity index (χ3v) is 5.29. The van der Waals surface area contributed by atoms with Crippen LogP contribution in [-0.2, 0) is 9.53 Å². The Morgan fingerprint density at radius 3 is 2.70 bits per heavy atom. The third kappa shape index (κ3) is 2.70. The summed E-state index contributed by atoms with van der Waals surface area (Å²) in [6, 6.07) is 15.9. The smallest absolute Gasteiger partial charge is 0.348 e. The molecule has 0 fully saturated rings. The first-order valence-corrected chi connectivity index (χ1v) is 9.59. The number of hydrogen-bond donors (Lipinski definition) is 1. The molecule has 0 saturated carbocycles. The first-order chi connectivity index (χ1) is 14.6. The summed E-state index contributed by atoms with van der Waals surface area (Å²) >= 11 is 0. The predicted molar refractivity (Wildman–Crippen MR) is 110 cm³/mol. The van der Waals surface area contributed by atoms with Crippen molar-refractivity contribution in [3.63, 3.8) is 0 Å². The van der Waals surface area contributed by atoms with Crippen LogP contribution < -0.4 is 15.9 Å². The van der Waals surface area contributed by atoms with Crippen molar-refractivity contribution in [3.8, 4) is 5.75 Å². The fraction of sp³-hybridized carbons (Fsp3) is 0.174. The van der Waals surface area contributed by atoms with Gasteiger partial charge in [0.25, 0.3) is 5.56 Å². The Bertz CT molecular complexity index is 1420. The number of pyridine rings is 1. The molecule has 0 aliphatic carbocycles. The summed E-state index contributed by atoms with van der Waals surface area (Å²) in [6.07, 6.45) is -1.17. The summed E-state index contributed by atoms with van der Waals surface area (Å²) in [5.74, 6) is -1.35. The number of benzene rings is 2. The van der Waals surface area contributed by atoms with Crippen LogP contribution in [-0.4, -0.2) is 23.7 Å². The van der Waals surface area contributed by atoms with Gasteiger partial charge in [-0.3, -0.25) is 4.79 Å². The highest BCUT2D eigenvalue weighted by atomic mass is 16.6. The number of rotatable bonds is 3. The Labute approximate surface area is 169 Å². The highest BCUT2D eigenvalue weighted by Crippen LogP contribution is 2.44. The van der Waals surface area contributed by atoms with Gasteiger partial charge in [-0.15, -0.1) is 0 Å². The minimum absolute atomic E-state index is 0.144. The number of aromatic amines is 1. The molecule has 0 radical (unpaired) electrons. The van der Waals surface area contributed by atoms with E-state index in [-0.39, 0.29) is 23.5 Å². The molecular formula is C23H17NO6. The molecule has 0 bridgehead atoms. The lowest BCUT2D eigenvalue weighted by Gasteiger charge is -2.17. The molecule has 0 spiro atoms. The first kappa shape index (κ1) is 18.2. The number of nitrogens with one attached hydrogen (secondary N) is 1. The van der Waals surface area contributed by atoms with Gasteiger partial charge in [0.1, 0.15) is 11.3 Å². The fourth-order valence-corrected chi connectivity index (χ4v) is 4.00. The molecule has 3 heterocycles. The topological polar surface area (TPSA) is 98.6 Å². The zero-order valence-electron chi connectivity index (χ0n) is 16.0. The highest BCUT2D eigenvalue weighted by molar-refractivity contribution is 5.89. The average molecular weight is 403 g/mol. The van der Waals surface area contributed by atoms with Crippen molar-refractivity contribution >= 4 is 27.8 Å². The van der Waals surface area contributed by atoms with Crippen molar-refractivity contribution in [2.45, 2.75) is 18.9 Å². The summed E-state index contributed by atoms with van der Waals surface area (Å²) in [7, 11) is 0. The summed E-state index contributed by atoms with van der Waals surface area (Å²) in [4.78, 5) is 41.4. The molecule has 1 aliphatic rings.